The molecular formula is C26H30N2O5. The van der Waals surface area contributed by atoms with Crippen molar-refractivity contribution in [3.63, 3.8) is 0 Å². The average Bonchev–Trinajstić information content (AvgIpc) is 3.31. The van der Waals surface area contributed by atoms with Gasteiger partial charge in [-0.2, -0.15) is 0 Å². The van der Waals surface area contributed by atoms with Crippen LogP contribution in [0, 0.1) is 0 Å². The summed E-state index contributed by atoms with van der Waals surface area (Å²) >= 11 is 0. The van der Waals surface area contributed by atoms with Crippen LogP contribution in [0.15, 0.2) is 65.1 Å². The molecule has 1 unspecified atom stereocenters. The number of amides is 1. The van der Waals surface area contributed by atoms with Crippen LogP contribution in [0.2, 0.25) is 0 Å². The molecule has 1 atom stereocenters. The molecule has 33 heavy (non-hydrogen) atoms. The van der Waals surface area contributed by atoms with Gasteiger partial charge in [-0.05, 0) is 42.3 Å². The molecule has 1 fully saturated rings. The monoisotopic (exact) mass is 450 g/mol. The molecule has 0 radical (unpaired) electrons. The fraction of sp³-hybridized carbons (Fsp3) is 0.346. The number of carbonyl (C=O) groups is 1. The minimum absolute atomic E-state index is 0.204. The predicted molar refractivity (Wildman–Crippen MR) is 124 cm³/mol. The summed E-state index contributed by atoms with van der Waals surface area (Å²) in [6, 6.07) is 19.1. The molecule has 0 bridgehead atoms. The second-order valence-corrected chi connectivity index (χ2v) is 8.12. The van der Waals surface area contributed by atoms with Crippen LogP contribution in [0.5, 0.6) is 11.5 Å². The maximum absolute atomic E-state index is 12.6. The van der Waals surface area contributed by atoms with Gasteiger partial charge < -0.3 is 23.9 Å². The number of nitrogens with zero attached hydrogens (tertiary/aromatic N) is 1. The molecule has 1 saturated heterocycles. The Bertz CT molecular complexity index is 1060. The van der Waals surface area contributed by atoms with Gasteiger partial charge in [-0.3, -0.25) is 9.69 Å². The van der Waals surface area contributed by atoms with Gasteiger partial charge in [0, 0.05) is 26.2 Å². The molecule has 0 saturated carbocycles. The molecule has 1 N–H and O–H groups in total. The molecule has 1 aromatic heterocycles. The van der Waals surface area contributed by atoms with Crippen molar-refractivity contribution in [3.8, 4) is 11.5 Å². The topological polar surface area (TPSA) is 73.2 Å². The molecule has 2 aromatic carbocycles. The molecule has 1 aliphatic heterocycles. The summed E-state index contributed by atoms with van der Waals surface area (Å²) in [6.07, 6.45) is 0.263. The molecule has 2 heterocycles. The van der Waals surface area contributed by atoms with Crippen molar-refractivity contribution in [2.24, 2.45) is 0 Å². The molecule has 3 aromatic rings. The van der Waals surface area contributed by atoms with Crippen LogP contribution in [0.4, 0.5) is 0 Å². The lowest BCUT2D eigenvalue weighted by Gasteiger charge is -2.31. The summed E-state index contributed by atoms with van der Waals surface area (Å²) in [5.74, 6) is 1.83. The van der Waals surface area contributed by atoms with E-state index < -0.39 is 0 Å². The van der Waals surface area contributed by atoms with Crippen LogP contribution in [0.25, 0.3) is 0 Å². The van der Waals surface area contributed by atoms with Gasteiger partial charge in [-0.1, -0.05) is 36.4 Å². The molecule has 0 aliphatic carbocycles. The second-order valence-electron chi connectivity index (χ2n) is 8.12. The number of para-hydroxylation sites is 2. The van der Waals surface area contributed by atoms with E-state index in [1.54, 1.807) is 19.2 Å². The number of nitrogens with one attached hydrogen (secondary N) is 1. The first kappa shape index (κ1) is 22.9. The third-order valence-electron chi connectivity index (χ3n) is 5.50. The highest BCUT2D eigenvalue weighted by atomic mass is 16.5. The van der Waals surface area contributed by atoms with Crippen LogP contribution >= 0.6 is 0 Å². The van der Waals surface area contributed by atoms with Gasteiger partial charge in [0.1, 0.15) is 12.4 Å². The smallest absolute Gasteiger partial charge is 0.287 e. The summed E-state index contributed by atoms with van der Waals surface area (Å²) < 4.78 is 22.3. The average molecular weight is 451 g/mol. The van der Waals surface area contributed by atoms with E-state index in [0.29, 0.717) is 23.8 Å². The summed E-state index contributed by atoms with van der Waals surface area (Å²) in [7, 11) is 1.59. The summed E-state index contributed by atoms with van der Waals surface area (Å²) in [5, 5.41) is 2.93. The number of morpholine rings is 1. The zero-order chi connectivity index (χ0) is 23.0. The zero-order valence-electron chi connectivity index (χ0n) is 19.1. The van der Waals surface area contributed by atoms with Gasteiger partial charge >= 0.3 is 0 Å². The fourth-order valence-corrected chi connectivity index (χ4v) is 3.86. The maximum atomic E-state index is 12.6. The van der Waals surface area contributed by atoms with Crippen LogP contribution < -0.4 is 14.8 Å². The molecular weight excluding hydrogens is 420 g/mol. The van der Waals surface area contributed by atoms with Crippen molar-refractivity contribution in [1.82, 2.24) is 10.2 Å². The fourth-order valence-electron chi connectivity index (χ4n) is 3.86. The molecule has 4 rings (SSSR count). The Labute approximate surface area is 194 Å². The third-order valence-corrected chi connectivity index (χ3v) is 5.50. The van der Waals surface area contributed by atoms with E-state index in [2.05, 4.69) is 29.3 Å². The first-order valence-electron chi connectivity index (χ1n) is 11.1. The van der Waals surface area contributed by atoms with Crippen LogP contribution in [0.3, 0.4) is 0 Å². The van der Waals surface area contributed by atoms with E-state index in [1.807, 2.05) is 36.4 Å². The quantitative estimate of drug-likeness (QED) is 0.531. The molecule has 1 aliphatic rings. The number of carbonyl (C=O) groups excluding carboxylic acids is 1. The highest BCUT2D eigenvalue weighted by Gasteiger charge is 2.17. The first-order chi connectivity index (χ1) is 16.1. The Morgan fingerprint density at radius 2 is 1.91 bits per heavy atom. The van der Waals surface area contributed by atoms with E-state index in [9.17, 15) is 4.79 Å². The number of hydrogen-bond acceptors (Lipinski definition) is 6. The lowest BCUT2D eigenvalue weighted by molar-refractivity contribution is -0.0212. The van der Waals surface area contributed by atoms with Gasteiger partial charge in [0.05, 0.1) is 19.8 Å². The number of furan rings is 1. The number of rotatable bonds is 9. The summed E-state index contributed by atoms with van der Waals surface area (Å²) in [6.45, 7) is 6.25. The Kier molecular flexibility index (Phi) is 7.65. The van der Waals surface area contributed by atoms with Crippen molar-refractivity contribution >= 4 is 5.91 Å². The second kappa shape index (κ2) is 11.0. The molecule has 1 amide bonds. The van der Waals surface area contributed by atoms with E-state index in [-0.39, 0.29) is 24.4 Å². The molecule has 0 spiro atoms. The summed E-state index contributed by atoms with van der Waals surface area (Å²) in [4.78, 5) is 14.9. The van der Waals surface area contributed by atoms with Crippen molar-refractivity contribution in [3.05, 3.63) is 83.3 Å². The Hall–Kier alpha value is -3.29. The van der Waals surface area contributed by atoms with Crippen molar-refractivity contribution in [2.75, 3.05) is 26.8 Å². The first-order valence-corrected chi connectivity index (χ1v) is 11.1. The number of benzene rings is 2. The SMILES string of the molecule is COc1ccccc1OCc1ccc(C(=O)NCc2cccc(CN3CCOC(C)C3)c2)o1. The normalized spacial score (nSPS) is 16.4. The third kappa shape index (κ3) is 6.37. The van der Waals surface area contributed by atoms with Crippen molar-refractivity contribution in [1.29, 1.82) is 0 Å². The van der Waals surface area contributed by atoms with Gasteiger partial charge in [-0.25, -0.2) is 0 Å². The maximum Gasteiger partial charge on any atom is 0.287 e. The minimum Gasteiger partial charge on any atom is -0.493 e. The van der Waals surface area contributed by atoms with Gasteiger partial charge in [-0.15, -0.1) is 0 Å². The Balaban J connectivity index is 1.28. The van der Waals surface area contributed by atoms with Crippen molar-refractivity contribution in [2.45, 2.75) is 32.7 Å². The van der Waals surface area contributed by atoms with Gasteiger partial charge in [0.2, 0.25) is 0 Å². The lowest BCUT2D eigenvalue weighted by atomic mass is 10.1. The standard InChI is InChI=1S/C26H30N2O5/c1-19-16-28(12-13-31-19)17-21-7-5-6-20(14-21)15-27-26(29)25-11-10-22(33-25)18-32-24-9-4-3-8-23(24)30-2/h3-11,14,19H,12-13,15-18H2,1-2H3,(H,27,29). The minimum atomic E-state index is -0.258. The predicted octanol–water partition coefficient (Wildman–Crippen LogP) is 4.02. The van der Waals surface area contributed by atoms with E-state index in [1.165, 1.54) is 5.56 Å². The largest absolute Gasteiger partial charge is 0.493 e. The lowest BCUT2D eigenvalue weighted by Crippen LogP contribution is -2.40. The van der Waals surface area contributed by atoms with Gasteiger partial charge in [0.25, 0.3) is 5.91 Å². The Morgan fingerprint density at radius 1 is 1.09 bits per heavy atom. The molecule has 7 nitrogen and oxygen atoms in total. The van der Waals surface area contributed by atoms with E-state index in [4.69, 9.17) is 18.6 Å². The number of methoxy groups -OCH3 is 1. The highest BCUT2D eigenvalue weighted by molar-refractivity contribution is 5.91. The summed E-state index contributed by atoms with van der Waals surface area (Å²) in [5.41, 5.74) is 2.28. The van der Waals surface area contributed by atoms with Gasteiger partial charge in [0.15, 0.2) is 17.3 Å². The van der Waals surface area contributed by atoms with Crippen LogP contribution in [0.1, 0.15) is 34.4 Å². The Morgan fingerprint density at radius 3 is 2.73 bits per heavy atom. The van der Waals surface area contributed by atoms with Crippen molar-refractivity contribution < 1.29 is 23.4 Å². The van der Waals surface area contributed by atoms with E-state index in [0.717, 1.165) is 31.8 Å². The highest BCUT2D eigenvalue weighted by Crippen LogP contribution is 2.26. The molecule has 174 valence electrons. The van der Waals surface area contributed by atoms with Crippen LogP contribution in [-0.4, -0.2) is 43.7 Å². The number of hydrogen-bond donors (Lipinski definition) is 1. The number of ether oxygens (including phenoxy) is 3. The zero-order valence-corrected chi connectivity index (χ0v) is 19.1. The molecule has 7 heteroatoms. The van der Waals surface area contributed by atoms with Crippen LogP contribution in [-0.2, 0) is 24.4 Å². The van der Waals surface area contributed by atoms with E-state index >= 15 is 0 Å².